The van der Waals surface area contributed by atoms with Crippen LogP contribution in [0.4, 0.5) is 0 Å². The van der Waals surface area contributed by atoms with Gasteiger partial charge in [-0.15, -0.1) is 0 Å². The molecule has 2 rings (SSSR count). The van der Waals surface area contributed by atoms with Gasteiger partial charge in [0.1, 0.15) is 11.5 Å². The average molecular weight is 296 g/mol. The van der Waals surface area contributed by atoms with E-state index in [0.717, 1.165) is 36.3 Å². The molecule has 0 atom stereocenters. The largest absolute Gasteiger partial charge is 0.457 e. The Hall–Kier alpha value is -2.06. The van der Waals surface area contributed by atoms with E-state index >= 15 is 0 Å². The summed E-state index contributed by atoms with van der Waals surface area (Å²) in [6, 6.07) is 16.1. The zero-order chi connectivity index (χ0) is 15.8. The number of hydrogen-bond acceptors (Lipinski definition) is 2. The molecule has 1 N–H and O–H groups in total. The quantitative estimate of drug-likeness (QED) is 0.746. The normalized spacial score (nSPS) is 11.5. The van der Waals surface area contributed by atoms with Gasteiger partial charge in [0.2, 0.25) is 0 Å². The Morgan fingerprint density at radius 3 is 2.55 bits per heavy atom. The monoisotopic (exact) mass is 296 g/mol. The van der Waals surface area contributed by atoms with Crippen LogP contribution in [0.1, 0.15) is 37.3 Å². The highest BCUT2D eigenvalue weighted by atomic mass is 16.5. The number of ether oxygens (including phenoxy) is 1. The van der Waals surface area contributed by atoms with Crippen molar-refractivity contribution in [3.05, 3.63) is 65.7 Å². The maximum Gasteiger partial charge on any atom is 0.128 e. The zero-order valence-electron chi connectivity index (χ0n) is 13.4. The molecule has 0 heterocycles. The fourth-order valence-corrected chi connectivity index (χ4v) is 2.34. The van der Waals surface area contributed by atoms with Gasteiger partial charge in [-0.05, 0) is 55.2 Å². The molecule has 0 aromatic heterocycles. The lowest BCUT2D eigenvalue weighted by molar-refractivity contribution is 0.343. The standard InChI is InChI=1S/C20H24O2/c1-3-4-6-17(13-14-21)18-7-5-8-20(15-18)22-19-11-9-16(2)10-12-19/h5,7-13,15,21H,3-4,6,14H2,1-2H3/b17-13+. The highest BCUT2D eigenvalue weighted by molar-refractivity contribution is 5.66. The van der Waals surface area contributed by atoms with Crippen molar-refractivity contribution in [3.63, 3.8) is 0 Å². The van der Waals surface area contributed by atoms with Crippen LogP contribution in [0.3, 0.4) is 0 Å². The molecule has 0 aliphatic carbocycles. The van der Waals surface area contributed by atoms with E-state index in [0.29, 0.717) is 0 Å². The van der Waals surface area contributed by atoms with Crippen molar-refractivity contribution in [2.75, 3.05) is 6.61 Å². The molecule has 0 amide bonds. The summed E-state index contributed by atoms with van der Waals surface area (Å²) >= 11 is 0. The molecule has 2 aromatic carbocycles. The van der Waals surface area contributed by atoms with E-state index in [2.05, 4.69) is 19.9 Å². The summed E-state index contributed by atoms with van der Waals surface area (Å²) in [7, 11) is 0. The van der Waals surface area contributed by atoms with Crippen molar-refractivity contribution in [2.24, 2.45) is 0 Å². The van der Waals surface area contributed by atoms with Crippen LogP contribution < -0.4 is 4.74 Å². The molecule has 0 bridgehead atoms. The molecule has 0 saturated carbocycles. The van der Waals surface area contributed by atoms with Crippen LogP contribution in [0, 0.1) is 6.92 Å². The SMILES string of the molecule is CCCC/C(=C\CO)c1cccc(Oc2ccc(C)cc2)c1. The van der Waals surface area contributed by atoms with Crippen molar-refractivity contribution in [3.8, 4) is 11.5 Å². The Labute approximate surface area is 133 Å². The number of hydrogen-bond donors (Lipinski definition) is 1. The number of rotatable bonds is 7. The van der Waals surface area contributed by atoms with Gasteiger partial charge in [-0.1, -0.05) is 49.2 Å². The Balaban J connectivity index is 2.17. The first-order valence-electron chi connectivity index (χ1n) is 7.87. The van der Waals surface area contributed by atoms with Gasteiger partial charge in [0.15, 0.2) is 0 Å². The number of unbranched alkanes of at least 4 members (excludes halogenated alkanes) is 1. The van der Waals surface area contributed by atoms with E-state index in [1.165, 1.54) is 11.1 Å². The topological polar surface area (TPSA) is 29.5 Å². The molecule has 0 aliphatic heterocycles. The first kappa shape index (κ1) is 16.3. The van der Waals surface area contributed by atoms with E-state index < -0.39 is 0 Å². The molecule has 2 aromatic rings. The molecular formula is C20H24O2. The first-order valence-corrected chi connectivity index (χ1v) is 7.87. The molecular weight excluding hydrogens is 272 g/mol. The van der Waals surface area contributed by atoms with Crippen LogP contribution in [0.2, 0.25) is 0 Å². The second-order valence-corrected chi connectivity index (χ2v) is 5.46. The predicted molar refractivity (Wildman–Crippen MR) is 92.3 cm³/mol. The summed E-state index contributed by atoms with van der Waals surface area (Å²) in [5.74, 6) is 1.66. The fraction of sp³-hybridized carbons (Fsp3) is 0.300. The number of allylic oxidation sites excluding steroid dienone is 1. The van der Waals surface area contributed by atoms with Gasteiger partial charge < -0.3 is 9.84 Å². The third-order valence-electron chi connectivity index (χ3n) is 3.60. The summed E-state index contributed by atoms with van der Waals surface area (Å²) in [6.07, 6.45) is 5.13. The van der Waals surface area contributed by atoms with Gasteiger partial charge in [-0.2, -0.15) is 0 Å². The highest BCUT2D eigenvalue weighted by Crippen LogP contribution is 2.27. The van der Waals surface area contributed by atoms with Crippen LogP contribution in [0.15, 0.2) is 54.6 Å². The lowest BCUT2D eigenvalue weighted by Crippen LogP contribution is -1.90. The highest BCUT2D eigenvalue weighted by Gasteiger charge is 2.04. The van der Waals surface area contributed by atoms with Gasteiger partial charge in [-0.3, -0.25) is 0 Å². The van der Waals surface area contributed by atoms with E-state index in [9.17, 15) is 5.11 Å². The van der Waals surface area contributed by atoms with E-state index in [1.54, 1.807) is 0 Å². The van der Waals surface area contributed by atoms with Gasteiger partial charge in [0.25, 0.3) is 0 Å². The second-order valence-electron chi connectivity index (χ2n) is 5.46. The third-order valence-corrected chi connectivity index (χ3v) is 3.60. The predicted octanol–water partition coefficient (Wildman–Crippen LogP) is 5.35. The summed E-state index contributed by atoms with van der Waals surface area (Å²) < 4.78 is 5.92. The minimum Gasteiger partial charge on any atom is -0.457 e. The Morgan fingerprint density at radius 1 is 1.09 bits per heavy atom. The summed E-state index contributed by atoms with van der Waals surface area (Å²) in [4.78, 5) is 0. The summed E-state index contributed by atoms with van der Waals surface area (Å²) in [6.45, 7) is 4.31. The molecule has 0 fully saturated rings. The Morgan fingerprint density at radius 2 is 1.86 bits per heavy atom. The lowest BCUT2D eigenvalue weighted by atomic mass is 10.00. The molecule has 0 spiro atoms. The molecule has 116 valence electrons. The van der Waals surface area contributed by atoms with Gasteiger partial charge in [-0.25, -0.2) is 0 Å². The fourth-order valence-electron chi connectivity index (χ4n) is 2.34. The first-order chi connectivity index (χ1) is 10.7. The van der Waals surface area contributed by atoms with Crippen LogP contribution in [-0.2, 0) is 0 Å². The van der Waals surface area contributed by atoms with Crippen LogP contribution in [-0.4, -0.2) is 11.7 Å². The number of aryl methyl sites for hydroxylation is 1. The molecule has 0 unspecified atom stereocenters. The maximum absolute atomic E-state index is 9.22. The van der Waals surface area contributed by atoms with Crippen molar-refractivity contribution in [2.45, 2.75) is 33.1 Å². The van der Waals surface area contributed by atoms with Gasteiger partial charge >= 0.3 is 0 Å². The second kappa shape index (κ2) is 8.40. The van der Waals surface area contributed by atoms with Gasteiger partial charge in [0.05, 0.1) is 6.61 Å². The van der Waals surface area contributed by atoms with Gasteiger partial charge in [0, 0.05) is 0 Å². The minimum atomic E-state index is 0.0715. The zero-order valence-corrected chi connectivity index (χ0v) is 13.4. The van der Waals surface area contributed by atoms with E-state index in [1.807, 2.05) is 48.5 Å². The lowest BCUT2D eigenvalue weighted by Gasteiger charge is -2.11. The molecule has 0 radical (unpaired) electrons. The molecule has 0 aliphatic rings. The molecule has 0 saturated heterocycles. The number of aliphatic hydroxyl groups is 1. The maximum atomic E-state index is 9.22. The van der Waals surface area contributed by atoms with E-state index in [-0.39, 0.29) is 6.61 Å². The number of benzene rings is 2. The third kappa shape index (κ3) is 4.74. The molecule has 22 heavy (non-hydrogen) atoms. The molecule has 2 nitrogen and oxygen atoms in total. The molecule has 2 heteroatoms. The van der Waals surface area contributed by atoms with Crippen molar-refractivity contribution < 1.29 is 9.84 Å². The van der Waals surface area contributed by atoms with Crippen molar-refractivity contribution >= 4 is 5.57 Å². The van der Waals surface area contributed by atoms with E-state index in [4.69, 9.17) is 4.74 Å². The van der Waals surface area contributed by atoms with Crippen molar-refractivity contribution in [1.82, 2.24) is 0 Å². The van der Waals surface area contributed by atoms with Crippen LogP contribution in [0.5, 0.6) is 11.5 Å². The smallest absolute Gasteiger partial charge is 0.128 e. The summed E-state index contributed by atoms with van der Waals surface area (Å²) in [5.41, 5.74) is 3.51. The van der Waals surface area contributed by atoms with Crippen LogP contribution in [0.25, 0.3) is 5.57 Å². The Kier molecular flexibility index (Phi) is 6.23. The number of aliphatic hydroxyl groups excluding tert-OH is 1. The minimum absolute atomic E-state index is 0.0715. The average Bonchev–Trinajstić information content (AvgIpc) is 2.54. The summed E-state index contributed by atoms with van der Waals surface area (Å²) in [5, 5.41) is 9.22. The Bertz CT molecular complexity index is 612. The van der Waals surface area contributed by atoms with Crippen LogP contribution >= 0.6 is 0 Å². The van der Waals surface area contributed by atoms with Crippen molar-refractivity contribution in [1.29, 1.82) is 0 Å².